The van der Waals surface area contributed by atoms with E-state index in [1.165, 1.54) is 5.56 Å². The van der Waals surface area contributed by atoms with Gasteiger partial charge in [-0.15, -0.1) is 0 Å². The van der Waals surface area contributed by atoms with Crippen molar-refractivity contribution in [3.8, 4) is 0 Å². The van der Waals surface area contributed by atoms with Gasteiger partial charge in [0.25, 0.3) is 0 Å². The molecule has 1 amide bonds. The Balaban J connectivity index is 2.10. The van der Waals surface area contributed by atoms with E-state index in [9.17, 15) is 4.79 Å². The zero-order valence-electron chi connectivity index (χ0n) is 8.99. The third kappa shape index (κ3) is 2.12. The fourth-order valence-electron chi connectivity index (χ4n) is 1.80. The minimum Gasteiger partial charge on any atom is -0.441 e. The number of rotatable bonds is 2. The van der Waals surface area contributed by atoms with E-state index in [1.807, 2.05) is 32.0 Å². The number of hydrogen-bond donors (Lipinski definition) is 1. The highest BCUT2D eigenvalue weighted by atomic mass is 16.6. The Morgan fingerprint density at radius 1 is 1.33 bits per heavy atom. The van der Waals surface area contributed by atoms with Gasteiger partial charge in [-0.25, -0.2) is 4.79 Å². The van der Waals surface area contributed by atoms with E-state index in [4.69, 9.17) is 4.74 Å². The fraction of sp³-hybridized carbons (Fsp3) is 0.417. The molecular formula is C12H15NO2. The Bertz CT molecular complexity index is 359. The zero-order valence-corrected chi connectivity index (χ0v) is 8.99. The maximum absolute atomic E-state index is 11.1. The van der Waals surface area contributed by atoms with E-state index in [2.05, 4.69) is 17.4 Å². The van der Waals surface area contributed by atoms with E-state index >= 15 is 0 Å². The second-order valence-electron chi connectivity index (χ2n) is 4.38. The molecule has 3 nitrogen and oxygen atoms in total. The molecule has 1 aliphatic heterocycles. The fourth-order valence-corrected chi connectivity index (χ4v) is 1.80. The summed E-state index contributed by atoms with van der Waals surface area (Å²) in [6.45, 7) is 3.86. The van der Waals surface area contributed by atoms with Gasteiger partial charge >= 0.3 is 6.09 Å². The molecule has 1 aromatic carbocycles. The molecule has 0 spiro atoms. The molecule has 0 saturated carbocycles. The zero-order chi connectivity index (χ0) is 10.9. The van der Waals surface area contributed by atoms with Gasteiger partial charge in [-0.05, 0) is 25.8 Å². The Hall–Kier alpha value is -1.51. The highest BCUT2D eigenvalue weighted by Crippen LogP contribution is 2.24. The van der Waals surface area contributed by atoms with E-state index in [1.54, 1.807) is 0 Å². The van der Waals surface area contributed by atoms with Gasteiger partial charge in [0.1, 0.15) is 5.60 Å². The summed E-state index contributed by atoms with van der Waals surface area (Å²) in [7, 11) is 0. The van der Waals surface area contributed by atoms with Crippen molar-refractivity contribution < 1.29 is 9.53 Å². The molecule has 0 radical (unpaired) electrons. The highest BCUT2D eigenvalue weighted by molar-refractivity contribution is 5.71. The van der Waals surface area contributed by atoms with Gasteiger partial charge in [0.15, 0.2) is 0 Å². The number of cyclic esters (lactones) is 1. The molecule has 1 aliphatic rings. The van der Waals surface area contributed by atoms with Crippen LogP contribution in [0.15, 0.2) is 30.3 Å². The second-order valence-corrected chi connectivity index (χ2v) is 4.38. The molecule has 3 heteroatoms. The normalized spacial score (nSPS) is 23.3. The maximum atomic E-state index is 11.1. The topological polar surface area (TPSA) is 38.3 Å². The number of alkyl carbamates (subject to hydrolysis) is 1. The molecule has 0 bridgehead atoms. The van der Waals surface area contributed by atoms with Crippen LogP contribution < -0.4 is 5.32 Å². The Labute approximate surface area is 89.4 Å². The van der Waals surface area contributed by atoms with Crippen LogP contribution in [0.1, 0.15) is 19.4 Å². The van der Waals surface area contributed by atoms with Gasteiger partial charge in [0, 0.05) is 0 Å². The van der Waals surface area contributed by atoms with Crippen LogP contribution in [-0.4, -0.2) is 17.7 Å². The van der Waals surface area contributed by atoms with Crippen molar-refractivity contribution in [2.75, 3.05) is 0 Å². The molecular weight excluding hydrogens is 190 g/mol. The summed E-state index contributed by atoms with van der Waals surface area (Å²) in [5.41, 5.74) is 0.786. The number of ether oxygens (including phenoxy) is 1. The first-order chi connectivity index (χ1) is 7.08. The van der Waals surface area contributed by atoms with E-state index < -0.39 is 5.60 Å². The van der Waals surface area contributed by atoms with Crippen LogP contribution in [0.5, 0.6) is 0 Å². The summed E-state index contributed by atoms with van der Waals surface area (Å²) in [4.78, 5) is 11.1. The van der Waals surface area contributed by atoms with E-state index in [-0.39, 0.29) is 12.1 Å². The Kier molecular flexibility index (Phi) is 2.39. The number of hydrogen-bond acceptors (Lipinski definition) is 2. The predicted octanol–water partition coefficient (Wildman–Crippen LogP) is 2.12. The lowest BCUT2D eigenvalue weighted by atomic mass is 9.93. The van der Waals surface area contributed by atoms with Crippen LogP contribution in [0.2, 0.25) is 0 Å². The first-order valence-corrected chi connectivity index (χ1v) is 5.11. The van der Waals surface area contributed by atoms with Crippen LogP contribution in [0.3, 0.4) is 0 Å². The molecule has 0 unspecified atom stereocenters. The molecule has 80 valence electrons. The quantitative estimate of drug-likeness (QED) is 0.803. The largest absolute Gasteiger partial charge is 0.441 e. The molecule has 1 aromatic rings. The van der Waals surface area contributed by atoms with Crippen LogP contribution in [0, 0.1) is 0 Å². The average Bonchev–Trinajstić information content (AvgIpc) is 2.41. The van der Waals surface area contributed by atoms with Gasteiger partial charge in [0.05, 0.1) is 6.04 Å². The van der Waals surface area contributed by atoms with Crippen molar-refractivity contribution in [1.29, 1.82) is 0 Å². The van der Waals surface area contributed by atoms with Crippen LogP contribution in [-0.2, 0) is 11.2 Å². The van der Waals surface area contributed by atoms with Crippen molar-refractivity contribution >= 4 is 6.09 Å². The standard InChI is InChI=1S/C12H15NO2/c1-12(2)10(13-11(14)15-12)8-9-6-4-3-5-7-9/h3-7,10H,8H2,1-2H3,(H,13,14)/t10-/m1/s1. The lowest BCUT2D eigenvalue weighted by molar-refractivity contribution is 0.0685. The number of nitrogens with one attached hydrogen (secondary N) is 1. The molecule has 1 fully saturated rings. The minimum atomic E-state index is -0.424. The molecule has 0 aromatic heterocycles. The average molecular weight is 205 g/mol. The van der Waals surface area contributed by atoms with Gasteiger partial charge < -0.3 is 10.1 Å². The number of benzene rings is 1. The molecule has 1 heterocycles. The van der Waals surface area contributed by atoms with Crippen molar-refractivity contribution in [2.24, 2.45) is 0 Å². The summed E-state index contributed by atoms with van der Waals surface area (Å²) < 4.78 is 5.18. The summed E-state index contributed by atoms with van der Waals surface area (Å²) in [6.07, 6.45) is 0.487. The maximum Gasteiger partial charge on any atom is 0.408 e. The molecule has 1 N–H and O–H groups in total. The monoisotopic (exact) mass is 205 g/mol. The molecule has 1 atom stereocenters. The molecule has 0 aliphatic carbocycles. The molecule has 1 saturated heterocycles. The number of amides is 1. The predicted molar refractivity (Wildman–Crippen MR) is 57.6 cm³/mol. The number of carbonyl (C=O) groups excluding carboxylic acids is 1. The third-order valence-corrected chi connectivity index (χ3v) is 2.77. The third-order valence-electron chi connectivity index (χ3n) is 2.77. The van der Waals surface area contributed by atoms with Crippen LogP contribution >= 0.6 is 0 Å². The Morgan fingerprint density at radius 2 is 2.00 bits per heavy atom. The van der Waals surface area contributed by atoms with Gasteiger partial charge in [-0.3, -0.25) is 0 Å². The van der Waals surface area contributed by atoms with Crippen molar-refractivity contribution in [3.63, 3.8) is 0 Å². The van der Waals surface area contributed by atoms with Crippen molar-refractivity contribution in [2.45, 2.75) is 31.9 Å². The van der Waals surface area contributed by atoms with Gasteiger partial charge in [-0.1, -0.05) is 30.3 Å². The van der Waals surface area contributed by atoms with Crippen molar-refractivity contribution in [3.05, 3.63) is 35.9 Å². The summed E-state index contributed by atoms with van der Waals surface area (Å²) in [6, 6.07) is 10.1. The minimum absolute atomic E-state index is 0.0485. The van der Waals surface area contributed by atoms with Crippen molar-refractivity contribution in [1.82, 2.24) is 5.32 Å². The SMILES string of the molecule is CC1(C)OC(=O)N[C@@H]1Cc1ccccc1. The van der Waals surface area contributed by atoms with E-state index in [0.717, 1.165) is 6.42 Å². The van der Waals surface area contributed by atoms with Gasteiger partial charge in [-0.2, -0.15) is 0 Å². The van der Waals surface area contributed by atoms with Gasteiger partial charge in [0.2, 0.25) is 0 Å². The summed E-state index contributed by atoms with van der Waals surface area (Å²) in [5, 5.41) is 2.83. The summed E-state index contributed by atoms with van der Waals surface area (Å²) >= 11 is 0. The lowest BCUT2D eigenvalue weighted by Gasteiger charge is -2.23. The molecule has 2 rings (SSSR count). The molecule has 15 heavy (non-hydrogen) atoms. The Morgan fingerprint density at radius 3 is 2.53 bits per heavy atom. The van der Waals surface area contributed by atoms with E-state index in [0.29, 0.717) is 0 Å². The first kappa shape index (κ1) is 10.0. The van der Waals surface area contributed by atoms with Crippen LogP contribution in [0.4, 0.5) is 4.79 Å². The summed E-state index contributed by atoms with van der Waals surface area (Å²) in [5.74, 6) is 0. The highest BCUT2D eigenvalue weighted by Gasteiger charge is 2.40. The lowest BCUT2D eigenvalue weighted by Crippen LogP contribution is -2.40. The smallest absolute Gasteiger partial charge is 0.408 e. The second kappa shape index (κ2) is 3.57. The number of carbonyl (C=O) groups is 1. The first-order valence-electron chi connectivity index (χ1n) is 5.11. The van der Waals surface area contributed by atoms with Crippen LogP contribution in [0.25, 0.3) is 0 Å².